The molecule has 0 aliphatic rings. The van der Waals surface area contributed by atoms with E-state index in [9.17, 15) is 9.59 Å². The molecule has 6 heteroatoms. The molecule has 0 radical (unpaired) electrons. The second-order valence-electron chi connectivity index (χ2n) is 4.15. The van der Waals surface area contributed by atoms with E-state index >= 15 is 0 Å². The lowest BCUT2D eigenvalue weighted by atomic mass is 10.1. The summed E-state index contributed by atoms with van der Waals surface area (Å²) in [7, 11) is 1.23. The number of allylic oxidation sites excluding steroid dienone is 1. The Bertz CT molecular complexity index is 550. The number of carbonyl (C=O) groups excluding carboxylic acids is 2. The van der Waals surface area contributed by atoms with E-state index in [1.54, 1.807) is 0 Å². The standard InChI is InChI=1S/C14H14Cl2O4/c1-8(2)20-13-7-11(16)10(15)6-9(13)12(17)4-5-14(18)19-3/h4-8H,1-3H3/b5-4+. The molecule has 0 aliphatic heterocycles. The number of ether oxygens (including phenoxy) is 2. The summed E-state index contributed by atoms with van der Waals surface area (Å²) in [5.41, 5.74) is 0.230. The number of ketones is 1. The highest BCUT2D eigenvalue weighted by atomic mass is 35.5. The molecule has 0 bridgehead atoms. The van der Waals surface area contributed by atoms with Crippen molar-refractivity contribution in [3.05, 3.63) is 39.9 Å². The number of methoxy groups -OCH3 is 1. The maximum Gasteiger partial charge on any atom is 0.330 e. The van der Waals surface area contributed by atoms with Gasteiger partial charge in [-0.3, -0.25) is 4.79 Å². The maximum atomic E-state index is 12.1. The SMILES string of the molecule is COC(=O)/C=C/C(=O)c1cc(Cl)c(Cl)cc1OC(C)C. The molecule has 0 aliphatic carbocycles. The first-order valence-corrected chi connectivity index (χ1v) is 6.56. The van der Waals surface area contributed by atoms with Gasteiger partial charge in [-0.05, 0) is 26.0 Å². The largest absolute Gasteiger partial charge is 0.490 e. The zero-order chi connectivity index (χ0) is 15.3. The zero-order valence-corrected chi connectivity index (χ0v) is 12.8. The molecule has 1 aromatic rings. The van der Waals surface area contributed by atoms with E-state index in [-0.39, 0.29) is 21.7 Å². The van der Waals surface area contributed by atoms with Crippen LogP contribution in [0.25, 0.3) is 0 Å². The van der Waals surface area contributed by atoms with Crippen LogP contribution < -0.4 is 4.74 Å². The average molecular weight is 317 g/mol. The van der Waals surface area contributed by atoms with Crippen LogP contribution in [0.4, 0.5) is 0 Å². The first kappa shape index (κ1) is 16.5. The Morgan fingerprint density at radius 2 is 1.75 bits per heavy atom. The number of halogens is 2. The predicted octanol–water partition coefficient (Wildman–Crippen LogP) is 3.69. The van der Waals surface area contributed by atoms with E-state index in [1.165, 1.54) is 19.2 Å². The molecule has 0 saturated carbocycles. The van der Waals surface area contributed by atoms with E-state index in [2.05, 4.69) is 4.74 Å². The van der Waals surface area contributed by atoms with Gasteiger partial charge in [-0.25, -0.2) is 4.79 Å². The second kappa shape index (κ2) is 7.31. The fourth-order valence-corrected chi connectivity index (χ4v) is 1.69. The Hall–Kier alpha value is -1.52. The lowest BCUT2D eigenvalue weighted by Crippen LogP contribution is -2.10. The van der Waals surface area contributed by atoms with Crippen LogP contribution in [0.5, 0.6) is 5.75 Å². The normalized spacial score (nSPS) is 10.9. The summed E-state index contributed by atoms with van der Waals surface area (Å²) in [4.78, 5) is 23.0. The van der Waals surface area contributed by atoms with Gasteiger partial charge in [-0.1, -0.05) is 23.2 Å². The molecule has 0 heterocycles. The number of esters is 1. The maximum absolute atomic E-state index is 12.1. The van der Waals surface area contributed by atoms with Crippen molar-refractivity contribution in [1.29, 1.82) is 0 Å². The van der Waals surface area contributed by atoms with Crippen molar-refractivity contribution < 1.29 is 19.1 Å². The van der Waals surface area contributed by atoms with Gasteiger partial charge in [0.2, 0.25) is 0 Å². The fraction of sp³-hybridized carbons (Fsp3) is 0.286. The molecule has 0 unspecified atom stereocenters. The predicted molar refractivity (Wildman–Crippen MR) is 77.7 cm³/mol. The van der Waals surface area contributed by atoms with Gasteiger partial charge in [0.05, 0.1) is 28.8 Å². The molecule has 0 N–H and O–H groups in total. The third-order valence-electron chi connectivity index (χ3n) is 2.22. The highest BCUT2D eigenvalue weighted by molar-refractivity contribution is 6.42. The molecule has 0 amide bonds. The molecule has 4 nitrogen and oxygen atoms in total. The zero-order valence-electron chi connectivity index (χ0n) is 11.3. The van der Waals surface area contributed by atoms with Crippen molar-refractivity contribution in [2.45, 2.75) is 20.0 Å². The summed E-state index contributed by atoms with van der Waals surface area (Å²) >= 11 is 11.8. The Labute approximate surface area is 127 Å². The van der Waals surface area contributed by atoms with E-state index < -0.39 is 11.8 Å². The molecule has 1 rings (SSSR count). The van der Waals surface area contributed by atoms with Crippen molar-refractivity contribution in [3.63, 3.8) is 0 Å². The van der Waals surface area contributed by atoms with Crippen LogP contribution in [0.2, 0.25) is 10.0 Å². The van der Waals surface area contributed by atoms with Crippen molar-refractivity contribution in [2.24, 2.45) is 0 Å². The highest BCUT2D eigenvalue weighted by Gasteiger charge is 2.15. The molecular formula is C14H14Cl2O4. The minimum atomic E-state index is -0.621. The van der Waals surface area contributed by atoms with Gasteiger partial charge in [-0.2, -0.15) is 0 Å². The molecule has 0 spiro atoms. The second-order valence-corrected chi connectivity index (χ2v) is 4.96. The van der Waals surface area contributed by atoms with E-state index in [0.717, 1.165) is 12.2 Å². The molecule has 0 aromatic heterocycles. The molecular weight excluding hydrogens is 303 g/mol. The van der Waals surface area contributed by atoms with Crippen LogP contribution in [0, 0.1) is 0 Å². The van der Waals surface area contributed by atoms with Gasteiger partial charge in [0.25, 0.3) is 0 Å². The van der Waals surface area contributed by atoms with Gasteiger partial charge in [0.1, 0.15) is 5.75 Å². The smallest absolute Gasteiger partial charge is 0.330 e. The minimum absolute atomic E-state index is 0.136. The van der Waals surface area contributed by atoms with Gasteiger partial charge in [0, 0.05) is 12.1 Å². The number of benzene rings is 1. The lowest BCUT2D eigenvalue weighted by Gasteiger charge is -2.14. The van der Waals surface area contributed by atoms with E-state index in [4.69, 9.17) is 27.9 Å². The van der Waals surface area contributed by atoms with Crippen molar-refractivity contribution >= 4 is 35.0 Å². The summed E-state index contributed by atoms with van der Waals surface area (Å²) in [5, 5.41) is 0.522. The van der Waals surface area contributed by atoms with Crippen LogP contribution in [0.3, 0.4) is 0 Å². The average Bonchev–Trinajstić information content (AvgIpc) is 2.38. The Kier molecular flexibility index (Phi) is 6.05. The number of hydrogen-bond acceptors (Lipinski definition) is 4. The van der Waals surface area contributed by atoms with Gasteiger partial charge >= 0.3 is 5.97 Å². The summed E-state index contributed by atoms with van der Waals surface area (Å²) < 4.78 is 9.94. The molecule has 0 fully saturated rings. The monoisotopic (exact) mass is 316 g/mol. The van der Waals surface area contributed by atoms with Gasteiger partial charge in [0.15, 0.2) is 5.78 Å². The van der Waals surface area contributed by atoms with Crippen LogP contribution in [0.1, 0.15) is 24.2 Å². The summed E-state index contributed by atoms with van der Waals surface area (Å²) in [6.07, 6.45) is 1.99. The molecule has 108 valence electrons. The van der Waals surface area contributed by atoms with Crippen LogP contribution in [-0.4, -0.2) is 25.0 Å². The van der Waals surface area contributed by atoms with Crippen LogP contribution >= 0.6 is 23.2 Å². The van der Waals surface area contributed by atoms with Crippen molar-refractivity contribution in [3.8, 4) is 5.75 Å². The first-order valence-electron chi connectivity index (χ1n) is 5.81. The Balaban J connectivity index is 3.14. The number of hydrogen-bond donors (Lipinski definition) is 0. The third kappa shape index (κ3) is 4.54. The highest BCUT2D eigenvalue weighted by Crippen LogP contribution is 2.31. The van der Waals surface area contributed by atoms with Crippen molar-refractivity contribution in [2.75, 3.05) is 7.11 Å². The van der Waals surface area contributed by atoms with E-state index in [1.807, 2.05) is 13.8 Å². The Morgan fingerprint density at radius 3 is 2.30 bits per heavy atom. The quantitative estimate of drug-likeness (QED) is 0.472. The Morgan fingerprint density at radius 1 is 1.15 bits per heavy atom. The van der Waals surface area contributed by atoms with Gasteiger partial charge in [-0.15, -0.1) is 0 Å². The lowest BCUT2D eigenvalue weighted by molar-refractivity contribution is -0.134. The van der Waals surface area contributed by atoms with Gasteiger partial charge < -0.3 is 9.47 Å². The van der Waals surface area contributed by atoms with Crippen LogP contribution in [-0.2, 0) is 9.53 Å². The summed E-state index contributed by atoms with van der Waals surface area (Å²) in [6.45, 7) is 3.64. The third-order valence-corrected chi connectivity index (χ3v) is 2.94. The van der Waals surface area contributed by atoms with Crippen molar-refractivity contribution in [1.82, 2.24) is 0 Å². The number of carbonyl (C=O) groups is 2. The summed E-state index contributed by atoms with van der Waals surface area (Å²) in [5.74, 6) is -0.733. The molecule has 20 heavy (non-hydrogen) atoms. The number of rotatable bonds is 5. The van der Waals surface area contributed by atoms with E-state index in [0.29, 0.717) is 5.75 Å². The minimum Gasteiger partial charge on any atom is -0.490 e. The summed E-state index contributed by atoms with van der Waals surface area (Å²) in [6, 6.07) is 2.88. The molecule has 1 aromatic carbocycles. The topological polar surface area (TPSA) is 52.6 Å². The first-order chi connectivity index (χ1) is 9.35. The fourth-order valence-electron chi connectivity index (χ4n) is 1.37. The van der Waals surface area contributed by atoms with Crippen LogP contribution in [0.15, 0.2) is 24.3 Å². The molecule has 0 atom stereocenters. The molecule has 0 saturated heterocycles.